The van der Waals surface area contributed by atoms with Gasteiger partial charge < -0.3 is 15.3 Å². The maximum absolute atomic E-state index is 12.4. The van der Waals surface area contributed by atoms with E-state index < -0.39 is 0 Å². The molecule has 4 rings (SSSR count). The van der Waals surface area contributed by atoms with Gasteiger partial charge >= 0.3 is 0 Å². The van der Waals surface area contributed by atoms with E-state index in [1.165, 1.54) is 6.92 Å². The topological polar surface area (TPSA) is 91.2 Å². The molecule has 35 heavy (non-hydrogen) atoms. The normalized spacial score (nSPS) is 11.3. The number of aromatic nitrogens is 3. The summed E-state index contributed by atoms with van der Waals surface area (Å²) in [5.74, 6) is 0.530. The highest BCUT2D eigenvalue weighted by atomic mass is 35.5. The predicted molar refractivity (Wildman–Crippen MR) is 141 cm³/mol. The number of carbonyl (C=O) groups is 1. The number of phenols is 1. The SMILES string of the molecule is CC(=O)c1cnc2ccc(-c3cc(Cl)c(O)c(Cl)c3)nc2c1Cc1ccc(NCCN(C)C)nc1. The number of nitrogens with zero attached hydrogens (tertiary/aromatic N) is 4. The van der Waals surface area contributed by atoms with Crippen molar-refractivity contribution in [1.29, 1.82) is 0 Å². The van der Waals surface area contributed by atoms with Crippen LogP contribution in [0.2, 0.25) is 10.0 Å². The number of fused-ring (bicyclic) bond motifs is 1. The van der Waals surface area contributed by atoms with Crippen molar-refractivity contribution in [3.8, 4) is 17.0 Å². The van der Waals surface area contributed by atoms with E-state index in [2.05, 4.69) is 20.2 Å². The first-order chi connectivity index (χ1) is 16.7. The van der Waals surface area contributed by atoms with Gasteiger partial charge in [0.25, 0.3) is 0 Å². The molecule has 0 spiro atoms. The minimum atomic E-state index is -0.175. The molecule has 0 unspecified atom stereocenters. The highest BCUT2D eigenvalue weighted by Crippen LogP contribution is 2.36. The third-order valence-electron chi connectivity index (χ3n) is 5.58. The summed E-state index contributed by atoms with van der Waals surface area (Å²) >= 11 is 12.2. The first-order valence-electron chi connectivity index (χ1n) is 11.0. The van der Waals surface area contributed by atoms with Gasteiger partial charge in [-0.2, -0.15) is 0 Å². The number of phenolic OH excluding ortho intramolecular Hbond substituents is 1. The molecule has 0 aliphatic rings. The van der Waals surface area contributed by atoms with Crippen LogP contribution < -0.4 is 5.32 Å². The third-order valence-corrected chi connectivity index (χ3v) is 6.16. The molecule has 7 nitrogen and oxygen atoms in total. The molecule has 9 heteroatoms. The predicted octanol–water partition coefficient (Wildman–Crippen LogP) is 5.47. The largest absolute Gasteiger partial charge is 0.505 e. The number of benzene rings is 1. The number of likely N-dealkylation sites (N-methyl/N-ethyl adjacent to an activating group) is 1. The van der Waals surface area contributed by atoms with Crippen LogP contribution in [-0.2, 0) is 6.42 Å². The van der Waals surface area contributed by atoms with Crippen LogP contribution in [0.15, 0.2) is 48.8 Å². The number of anilines is 1. The lowest BCUT2D eigenvalue weighted by Gasteiger charge is -2.13. The quantitative estimate of drug-likeness (QED) is 0.304. The Balaban J connectivity index is 1.72. The lowest BCUT2D eigenvalue weighted by Crippen LogP contribution is -2.21. The number of Topliss-reactive ketones (excluding diaryl/α,β-unsaturated/α-hetero) is 1. The smallest absolute Gasteiger partial charge is 0.161 e. The van der Waals surface area contributed by atoms with Gasteiger partial charge in [-0.15, -0.1) is 0 Å². The summed E-state index contributed by atoms with van der Waals surface area (Å²) in [5, 5.41) is 13.5. The minimum Gasteiger partial charge on any atom is -0.505 e. The number of halogens is 2. The summed E-state index contributed by atoms with van der Waals surface area (Å²) in [6.45, 7) is 3.21. The molecule has 3 heterocycles. The number of aromatic hydroxyl groups is 1. The average Bonchev–Trinajstić information content (AvgIpc) is 2.82. The van der Waals surface area contributed by atoms with Crippen molar-refractivity contribution >= 4 is 45.8 Å². The summed E-state index contributed by atoms with van der Waals surface area (Å²) < 4.78 is 0. The molecule has 0 fully saturated rings. The maximum Gasteiger partial charge on any atom is 0.161 e. The molecular weight excluding hydrogens is 485 g/mol. The van der Waals surface area contributed by atoms with E-state index in [4.69, 9.17) is 28.2 Å². The molecule has 1 aromatic carbocycles. The molecule has 0 saturated carbocycles. The zero-order valence-corrected chi connectivity index (χ0v) is 21.2. The van der Waals surface area contributed by atoms with Gasteiger partial charge in [0.05, 0.1) is 26.8 Å². The van der Waals surface area contributed by atoms with Crippen molar-refractivity contribution in [3.05, 3.63) is 75.5 Å². The van der Waals surface area contributed by atoms with E-state index >= 15 is 0 Å². The summed E-state index contributed by atoms with van der Waals surface area (Å²) in [4.78, 5) is 28.3. The molecule has 0 amide bonds. The fourth-order valence-corrected chi connectivity index (χ4v) is 4.21. The van der Waals surface area contributed by atoms with E-state index in [1.54, 1.807) is 30.6 Å². The van der Waals surface area contributed by atoms with E-state index in [-0.39, 0.29) is 21.6 Å². The van der Waals surface area contributed by atoms with Gasteiger partial charge in [0, 0.05) is 43.0 Å². The van der Waals surface area contributed by atoms with Crippen molar-refractivity contribution in [3.63, 3.8) is 0 Å². The van der Waals surface area contributed by atoms with Crippen molar-refractivity contribution < 1.29 is 9.90 Å². The van der Waals surface area contributed by atoms with Crippen LogP contribution in [0.25, 0.3) is 22.3 Å². The second-order valence-corrected chi connectivity index (χ2v) is 9.33. The summed E-state index contributed by atoms with van der Waals surface area (Å²) in [5.41, 5.74) is 4.76. The van der Waals surface area contributed by atoms with E-state index in [0.29, 0.717) is 34.3 Å². The van der Waals surface area contributed by atoms with Gasteiger partial charge in [-0.25, -0.2) is 9.97 Å². The Kier molecular flexibility index (Phi) is 7.50. The third kappa shape index (κ3) is 5.70. The highest BCUT2D eigenvalue weighted by Gasteiger charge is 2.16. The Hall–Kier alpha value is -3.26. The van der Waals surface area contributed by atoms with Crippen molar-refractivity contribution in [2.24, 2.45) is 0 Å². The van der Waals surface area contributed by atoms with Gasteiger partial charge in [0.2, 0.25) is 0 Å². The number of hydrogen-bond donors (Lipinski definition) is 2. The summed E-state index contributed by atoms with van der Waals surface area (Å²) in [6, 6.07) is 10.8. The number of pyridine rings is 3. The second kappa shape index (κ2) is 10.6. The van der Waals surface area contributed by atoms with Crippen LogP contribution in [0.1, 0.15) is 28.4 Å². The Bertz CT molecular complexity index is 1370. The van der Waals surface area contributed by atoms with Crippen LogP contribution in [-0.4, -0.2) is 57.9 Å². The minimum absolute atomic E-state index is 0.0905. The Morgan fingerprint density at radius 3 is 2.43 bits per heavy atom. The lowest BCUT2D eigenvalue weighted by molar-refractivity contribution is 0.101. The van der Waals surface area contributed by atoms with Crippen LogP contribution in [0, 0.1) is 0 Å². The summed E-state index contributed by atoms with van der Waals surface area (Å²) in [7, 11) is 4.04. The van der Waals surface area contributed by atoms with Gasteiger partial charge in [-0.05, 0) is 62.5 Å². The van der Waals surface area contributed by atoms with Crippen LogP contribution >= 0.6 is 23.2 Å². The fraction of sp³-hybridized carbons (Fsp3) is 0.231. The highest BCUT2D eigenvalue weighted by molar-refractivity contribution is 6.37. The van der Waals surface area contributed by atoms with Crippen LogP contribution in [0.5, 0.6) is 5.75 Å². The van der Waals surface area contributed by atoms with E-state index in [9.17, 15) is 9.90 Å². The molecule has 0 atom stereocenters. The van der Waals surface area contributed by atoms with Crippen molar-refractivity contribution in [2.45, 2.75) is 13.3 Å². The lowest BCUT2D eigenvalue weighted by atomic mass is 9.98. The van der Waals surface area contributed by atoms with Crippen molar-refractivity contribution in [1.82, 2.24) is 19.9 Å². The average molecular weight is 510 g/mol. The second-order valence-electron chi connectivity index (χ2n) is 8.52. The van der Waals surface area contributed by atoms with E-state index in [0.717, 1.165) is 30.0 Å². The fourth-order valence-electron chi connectivity index (χ4n) is 3.72. The molecule has 0 aliphatic carbocycles. The number of nitrogens with one attached hydrogen (secondary N) is 1. The molecule has 0 aliphatic heterocycles. The number of rotatable bonds is 8. The molecular formula is C26H25Cl2N5O2. The standard InChI is InChI=1S/C26H25Cl2N5O2/c1-15(34)19-14-30-23-6-5-22(17-11-20(27)26(35)21(28)12-17)32-25(23)18(19)10-16-4-7-24(31-13-16)29-8-9-33(2)3/h4-7,11-14,35H,8-10H2,1-3H3,(H,29,31). The number of ketones is 1. The van der Waals surface area contributed by atoms with Gasteiger partial charge in [0.15, 0.2) is 11.5 Å². The monoisotopic (exact) mass is 509 g/mol. The van der Waals surface area contributed by atoms with Gasteiger partial charge in [0.1, 0.15) is 5.82 Å². The Morgan fingerprint density at radius 2 is 1.80 bits per heavy atom. The Labute approximate surface area is 213 Å². The maximum atomic E-state index is 12.4. The van der Waals surface area contributed by atoms with Crippen LogP contribution in [0.4, 0.5) is 5.82 Å². The Morgan fingerprint density at radius 1 is 1.06 bits per heavy atom. The molecule has 180 valence electrons. The molecule has 0 radical (unpaired) electrons. The molecule has 2 N–H and O–H groups in total. The molecule has 0 bridgehead atoms. The first-order valence-corrected chi connectivity index (χ1v) is 11.8. The molecule has 0 saturated heterocycles. The molecule has 3 aromatic heterocycles. The van der Waals surface area contributed by atoms with Gasteiger partial charge in [-0.3, -0.25) is 9.78 Å². The molecule has 4 aromatic rings. The zero-order chi connectivity index (χ0) is 25.1. The number of carbonyl (C=O) groups excluding carboxylic acids is 1. The van der Waals surface area contributed by atoms with E-state index in [1.807, 2.05) is 32.3 Å². The van der Waals surface area contributed by atoms with Crippen molar-refractivity contribution in [2.75, 3.05) is 32.5 Å². The first kappa shape index (κ1) is 24.9. The number of hydrogen-bond acceptors (Lipinski definition) is 7. The van der Waals surface area contributed by atoms with Gasteiger partial charge in [-0.1, -0.05) is 29.3 Å². The summed E-state index contributed by atoms with van der Waals surface area (Å²) in [6.07, 6.45) is 3.87. The zero-order valence-electron chi connectivity index (χ0n) is 19.6. The van der Waals surface area contributed by atoms with Crippen LogP contribution in [0.3, 0.4) is 0 Å².